The molecule has 11 heteroatoms. The summed E-state index contributed by atoms with van der Waals surface area (Å²) in [4.78, 5) is 13.7. The predicted molar refractivity (Wildman–Crippen MR) is 110 cm³/mol. The third kappa shape index (κ3) is 4.55. The van der Waals surface area contributed by atoms with Crippen LogP contribution in [0.4, 0.5) is 18.9 Å². The number of hydrogen-bond donors (Lipinski definition) is 0. The second-order valence-electron chi connectivity index (χ2n) is 6.70. The van der Waals surface area contributed by atoms with Gasteiger partial charge < -0.3 is 4.57 Å². The minimum atomic E-state index is -4.49. The smallest absolute Gasteiger partial charge is 0.310 e. The van der Waals surface area contributed by atoms with Crippen LogP contribution in [-0.2, 0) is 23.0 Å². The molecule has 3 aromatic heterocycles. The first-order chi connectivity index (χ1) is 13.4. The van der Waals surface area contributed by atoms with Gasteiger partial charge in [-0.05, 0) is 24.8 Å². The summed E-state index contributed by atoms with van der Waals surface area (Å²) in [6.45, 7) is 3.72. The molecule has 156 valence electrons. The highest BCUT2D eigenvalue weighted by Gasteiger charge is 2.32. The van der Waals surface area contributed by atoms with E-state index >= 15 is 0 Å². The van der Waals surface area contributed by atoms with Crippen molar-refractivity contribution in [1.29, 1.82) is 0 Å². The van der Waals surface area contributed by atoms with Crippen LogP contribution >= 0.6 is 11.8 Å². The Labute approximate surface area is 171 Å². The first kappa shape index (κ1) is 21.6. The van der Waals surface area contributed by atoms with Crippen LogP contribution in [0.5, 0.6) is 0 Å². The Morgan fingerprint density at radius 2 is 1.93 bits per heavy atom. The van der Waals surface area contributed by atoms with Crippen LogP contribution in [0.1, 0.15) is 18.2 Å². The lowest BCUT2D eigenvalue weighted by Gasteiger charge is -2.11. The van der Waals surface area contributed by atoms with Crippen LogP contribution in [0.2, 0.25) is 0 Å². The van der Waals surface area contributed by atoms with Crippen molar-refractivity contribution in [2.75, 3.05) is 18.3 Å². The van der Waals surface area contributed by atoms with Crippen molar-refractivity contribution in [2.45, 2.75) is 24.9 Å². The fourth-order valence-corrected chi connectivity index (χ4v) is 4.21. The van der Waals surface area contributed by atoms with Crippen LogP contribution in [-0.4, -0.2) is 42.0 Å². The van der Waals surface area contributed by atoms with Gasteiger partial charge in [0.1, 0.15) is 11.2 Å². The van der Waals surface area contributed by atoms with Crippen LogP contribution < -0.4 is 0 Å². The van der Waals surface area contributed by atoms with Crippen LogP contribution in [0.25, 0.3) is 22.7 Å². The zero-order valence-corrected chi connectivity index (χ0v) is 18.2. The quantitative estimate of drug-likeness (QED) is 0.540. The first-order valence-corrected chi connectivity index (χ1v) is 11.9. The molecule has 0 aliphatic rings. The lowest BCUT2D eigenvalue weighted by atomic mass is 10.2. The summed E-state index contributed by atoms with van der Waals surface area (Å²) in [7, 11) is -0.682. The molecule has 0 N–H and O–H groups in total. The Bertz CT molecular complexity index is 1200. The third-order valence-corrected chi connectivity index (χ3v) is 5.56. The molecule has 29 heavy (non-hydrogen) atoms. The van der Waals surface area contributed by atoms with Crippen LogP contribution in [0.3, 0.4) is 0 Å². The van der Waals surface area contributed by atoms with Gasteiger partial charge in [-0.3, -0.25) is 0 Å². The van der Waals surface area contributed by atoms with E-state index in [1.165, 1.54) is 11.8 Å². The second kappa shape index (κ2) is 7.60. The van der Waals surface area contributed by atoms with Crippen molar-refractivity contribution >= 4 is 38.3 Å². The molecule has 0 saturated carbocycles. The summed E-state index contributed by atoms with van der Waals surface area (Å²) < 4.78 is 57.0. The molecule has 0 saturated heterocycles. The van der Waals surface area contributed by atoms with Crippen LogP contribution in [0, 0.1) is 6.92 Å². The third-order valence-electron chi connectivity index (χ3n) is 4.02. The van der Waals surface area contributed by atoms with Gasteiger partial charge in [-0.2, -0.15) is 17.5 Å². The number of alkyl halides is 3. The molecule has 0 aliphatic heterocycles. The van der Waals surface area contributed by atoms with Crippen molar-refractivity contribution in [3.63, 3.8) is 0 Å². The van der Waals surface area contributed by atoms with Gasteiger partial charge in [0.2, 0.25) is 0 Å². The molecule has 0 unspecified atom stereocenters. The van der Waals surface area contributed by atoms with E-state index in [1.54, 1.807) is 37.1 Å². The zero-order chi connectivity index (χ0) is 21.6. The molecule has 0 atom stereocenters. The molecule has 0 fully saturated rings. The average molecular weight is 444 g/mol. The van der Waals surface area contributed by atoms with E-state index in [0.29, 0.717) is 28.5 Å². The fourth-order valence-electron chi connectivity index (χ4n) is 2.77. The average Bonchev–Trinajstić information content (AvgIpc) is 2.92. The number of pyridine rings is 2. The molecular formula is C18H20F3N5OS2. The Kier molecular flexibility index (Phi) is 5.65. The summed E-state index contributed by atoms with van der Waals surface area (Å²) in [5, 5.41) is 0. The van der Waals surface area contributed by atoms with Gasteiger partial charge in [-0.25, -0.2) is 19.2 Å². The summed E-state index contributed by atoms with van der Waals surface area (Å²) >= 11 is 1.50. The molecule has 0 bridgehead atoms. The number of halogens is 3. The van der Waals surface area contributed by atoms with Crippen molar-refractivity contribution in [1.82, 2.24) is 19.5 Å². The molecule has 0 aromatic carbocycles. The van der Waals surface area contributed by atoms with E-state index in [2.05, 4.69) is 19.3 Å². The maximum atomic E-state index is 13.0. The largest absolute Gasteiger partial charge is 0.417 e. The molecule has 3 aromatic rings. The van der Waals surface area contributed by atoms with Crippen molar-refractivity contribution in [2.24, 2.45) is 11.4 Å². The maximum Gasteiger partial charge on any atom is 0.417 e. The number of hydrogen-bond acceptors (Lipinski definition) is 6. The van der Waals surface area contributed by atoms with E-state index < -0.39 is 21.5 Å². The minimum absolute atomic E-state index is 0.142. The van der Waals surface area contributed by atoms with Crippen molar-refractivity contribution in [3.05, 3.63) is 29.6 Å². The molecule has 0 radical (unpaired) electrons. The Morgan fingerprint density at radius 1 is 1.24 bits per heavy atom. The summed E-state index contributed by atoms with van der Waals surface area (Å²) in [5.41, 5.74) is 1.24. The minimum Gasteiger partial charge on any atom is -0.310 e. The first-order valence-electron chi connectivity index (χ1n) is 8.62. The molecule has 3 heterocycles. The monoisotopic (exact) mass is 443 g/mol. The lowest BCUT2D eigenvalue weighted by Crippen LogP contribution is -2.05. The van der Waals surface area contributed by atoms with E-state index in [9.17, 15) is 17.4 Å². The van der Waals surface area contributed by atoms with Crippen molar-refractivity contribution in [3.8, 4) is 11.5 Å². The van der Waals surface area contributed by atoms with Gasteiger partial charge in [0.05, 0.1) is 16.9 Å². The highest BCUT2D eigenvalue weighted by atomic mass is 32.2. The van der Waals surface area contributed by atoms with Gasteiger partial charge >= 0.3 is 6.18 Å². The van der Waals surface area contributed by atoms with Crippen LogP contribution in [0.15, 0.2) is 27.6 Å². The van der Waals surface area contributed by atoms with Crippen molar-refractivity contribution < 1.29 is 17.4 Å². The second-order valence-corrected chi connectivity index (χ2v) is 10.6. The number of nitrogens with zero attached hydrogens (tertiary/aromatic N) is 5. The Hall–Kier alpha value is -2.14. The number of rotatable bonds is 4. The standard InChI is InChI=1S/C18H20F3N5OS2/c1-6-28-14-8-12(25-29(4,5)27)10(2)23-15(14)17-24-13-7-11(18(19,20)21)9-22-16(13)26(17)3/h7-9H,6H2,1-5H3. The summed E-state index contributed by atoms with van der Waals surface area (Å²) in [6.07, 6.45) is -0.604. The summed E-state index contributed by atoms with van der Waals surface area (Å²) in [6, 6.07) is 2.78. The zero-order valence-electron chi connectivity index (χ0n) is 16.5. The normalized spacial score (nSPS) is 12.6. The molecule has 3 rings (SSSR count). The Morgan fingerprint density at radius 3 is 2.52 bits per heavy atom. The van der Waals surface area contributed by atoms with Gasteiger partial charge in [-0.1, -0.05) is 6.92 Å². The number of fused-ring (bicyclic) bond motifs is 1. The molecular weight excluding hydrogens is 423 g/mol. The van der Waals surface area contributed by atoms with E-state index in [-0.39, 0.29) is 5.52 Å². The number of thioether (sulfide) groups is 1. The van der Waals surface area contributed by atoms with E-state index in [1.807, 2.05) is 6.92 Å². The SMILES string of the molecule is CCSc1cc(N=S(C)(C)=O)c(C)nc1-c1nc2cc(C(F)(F)F)cnc2n1C. The van der Waals surface area contributed by atoms with E-state index in [0.717, 1.165) is 22.9 Å². The number of imidazole rings is 1. The Balaban J connectivity index is 2.24. The van der Waals surface area contributed by atoms with Gasteiger partial charge in [0, 0.05) is 40.4 Å². The lowest BCUT2D eigenvalue weighted by molar-refractivity contribution is -0.137. The van der Waals surface area contributed by atoms with Gasteiger partial charge in [0.15, 0.2) is 11.5 Å². The number of aryl methyl sites for hydroxylation is 2. The molecule has 0 amide bonds. The summed E-state index contributed by atoms with van der Waals surface area (Å²) in [5.74, 6) is 1.15. The molecule has 0 aliphatic carbocycles. The molecule has 0 spiro atoms. The van der Waals surface area contributed by atoms with Gasteiger partial charge in [0.25, 0.3) is 0 Å². The predicted octanol–water partition coefficient (Wildman–Crippen LogP) is 4.83. The van der Waals surface area contributed by atoms with E-state index in [4.69, 9.17) is 0 Å². The number of aromatic nitrogens is 4. The van der Waals surface area contributed by atoms with Gasteiger partial charge in [-0.15, -0.1) is 11.8 Å². The highest BCUT2D eigenvalue weighted by molar-refractivity contribution is 7.99. The fraction of sp³-hybridized carbons (Fsp3) is 0.389. The molecule has 6 nitrogen and oxygen atoms in total. The highest BCUT2D eigenvalue weighted by Crippen LogP contribution is 2.36. The maximum absolute atomic E-state index is 13.0. The topological polar surface area (TPSA) is 73.0 Å².